The third-order valence-electron chi connectivity index (χ3n) is 4.45. The van der Waals surface area contributed by atoms with Crippen molar-refractivity contribution >= 4 is 11.8 Å². The van der Waals surface area contributed by atoms with Crippen LogP contribution in [0.2, 0.25) is 0 Å². The summed E-state index contributed by atoms with van der Waals surface area (Å²) < 4.78 is 5.18. The molecule has 0 atom stereocenters. The van der Waals surface area contributed by atoms with Gasteiger partial charge in [-0.2, -0.15) is 0 Å². The largest absolute Gasteiger partial charge is 0.382 e. The first-order valence-electron chi connectivity index (χ1n) is 8.51. The van der Waals surface area contributed by atoms with Gasteiger partial charge < -0.3 is 15.4 Å². The Balaban J connectivity index is 2.21. The number of hydrogen-bond donors (Lipinski definition) is 2. The van der Waals surface area contributed by atoms with Crippen molar-refractivity contribution in [1.82, 2.24) is 10.6 Å². The molecule has 2 amide bonds. The minimum absolute atomic E-state index is 0.139. The van der Waals surface area contributed by atoms with E-state index in [1.165, 1.54) is 0 Å². The quantitative estimate of drug-likeness (QED) is 0.584. The van der Waals surface area contributed by atoms with E-state index < -0.39 is 11.8 Å². The molecule has 0 saturated heterocycles. The molecule has 0 aromatic heterocycles. The number of rotatable bonds is 6. The molecule has 5 nitrogen and oxygen atoms in total. The molecule has 0 unspecified atom stereocenters. The minimum Gasteiger partial charge on any atom is -0.382 e. The lowest BCUT2D eigenvalue weighted by molar-refractivity contribution is -0.139. The highest BCUT2D eigenvalue weighted by molar-refractivity contribution is 6.35. The van der Waals surface area contributed by atoms with Crippen molar-refractivity contribution < 1.29 is 14.3 Å². The van der Waals surface area contributed by atoms with E-state index in [2.05, 4.69) is 31.4 Å². The fraction of sp³-hybridized carbons (Fsp3) is 0.882. The van der Waals surface area contributed by atoms with Crippen molar-refractivity contribution in [2.75, 3.05) is 19.8 Å². The molecule has 1 aliphatic rings. The highest BCUT2D eigenvalue weighted by Crippen LogP contribution is 2.37. The molecule has 5 heteroatoms. The molecule has 1 aliphatic carbocycles. The molecule has 0 spiro atoms. The van der Waals surface area contributed by atoms with Gasteiger partial charge in [0.1, 0.15) is 0 Å². The van der Waals surface area contributed by atoms with Gasteiger partial charge in [-0.3, -0.25) is 9.59 Å². The van der Waals surface area contributed by atoms with Crippen molar-refractivity contribution in [1.29, 1.82) is 0 Å². The van der Waals surface area contributed by atoms with E-state index in [1.807, 2.05) is 6.92 Å². The summed E-state index contributed by atoms with van der Waals surface area (Å²) >= 11 is 0. The molecule has 0 aliphatic heterocycles. The van der Waals surface area contributed by atoms with Gasteiger partial charge in [0.2, 0.25) is 0 Å². The van der Waals surface area contributed by atoms with Gasteiger partial charge in [0.05, 0.1) is 0 Å². The molecule has 0 aromatic rings. The molecule has 1 fully saturated rings. The number of ether oxygens (including phenoxy) is 1. The Morgan fingerprint density at radius 1 is 1.09 bits per heavy atom. The smallest absolute Gasteiger partial charge is 0.309 e. The van der Waals surface area contributed by atoms with Gasteiger partial charge in [-0.05, 0) is 50.4 Å². The maximum absolute atomic E-state index is 11.9. The Morgan fingerprint density at radius 3 is 2.27 bits per heavy atom. The van der Waals surface area contributed by atoms with E-state index in [0.717, 1.165) is 32.1 Å². The Hall–Kier alpha value is -1.10. The summed E-state index contributed by atoms with van der Waals surface area (Å²) in [7, 11) is 0. The molecule has 1 saturated carbocycles. The zero-order valence-electron chi connectivity index (χ0n) is 14.5. The van der Waals surface area contributed by atoms with Gasteiger partial charge in [-0.1, -0.05) is 20.8 Å². The first-order chi connectivity index (χ1) is 10.3. The normalized spacial score (nSPS) is 22.2. The molecule has 2 N–H and O–H groups in total. The van der Waals surface area contributed by atoms with Crippen LogP contribution in [-0.4, -0.2) is 37.6 Å². The van der Waals surface area contributed by atoms with Gasteiger partial charge in [0.15, 0.2) is 0 Å². The molecule has 0 heterocycles. The van der Waals surface area contributed by atoms with Crippen LogP contribution in [0.15, 0.2) is 0 Å². The molecule has 0 bridgehead atoms. The van der Waals surface area contributed by atoms with Crippen LogP contribution in [0.25, 0.3) is 0 Å². The third kappa shape index (κ3) is 6.77. The number of nitrogens with one attached hydrogen (secondary N) is 2. The Bertz CT molecular complexity index is 355. The molecular formula is C17H32N2O3. The molecule has 0 aromatic carbocycles. The third-order valence-corrected chi connectivity index (χ3v) is 4.45. The zero-order chi connectivity index (χ0) is 16.6. The van der Waals surface area contributed by atoms with Crippen LogP contribution < -0.4 is 10.6 Å². The van der Waals surface area contributed by atoms with Gasteiger partial charge in [-0.15, -0.1) is 0 Å². The van der Waals surface area contributed by atoms with Crippen molar-refractivity contribution in [2.24, 2.45) is 11.3 Å². The van der Waals surface area contributed by atoms with Crippen LogP contribution in [0.1, 0.15) is 59.8 Å². The highest BCUT2D eigenvalue weighted by Gasteiger charge is 2.30. The summed E-state index contributed by atoms with van der Waals surface area (Å²) in [6.45, 7) is 10.5. The number of carbonyl (C=O) groups excluding carboxylic acids is 2. The zero-order valence-corrected chi connectivity index (χ0v) is 14.5. The van der Waals surface area contributed by atoms with E-state index in [1.54, 1.807) is 0 Å². The maximum Gasteiger partial charge on any atom is 0.309 e. The van der Waals surface area contributed by atoms with E-state index in [-0.39, 0.29) is 6.04 Å². The van der Waals surface area contributed by atoms with Crippen molar-refractivity contribution in [2.45, 2.75) is 65.8 Å². The second-order valence-corrected chi connectivity index (χ2v) is 7.19. The molecule has 1 rings (SSSR count). The van der Waals surface area contributed by atoms with Crippen LogP contribution in [-0.2, 0) is 14.3 Å². The van der Waals surface area contributed by atoms with Gasteiger partial charge in [0, 0.05) is 25.8 Å². The Labute approximate surface area is 134 Å². The van der Waals surface area contributed by atoms with Crippen molar-refractivity contribution in [3.8, 4) is 0 Å². The molecule has 0 radical (unpaired) electrons. The number of carbonyl (C=O) groups is 2. The molecule has 22 heavy (non-hydrogen) atoms. The van der Waals surface area contributed by atoms with Crippen LogP contribution >= 0.6 is 0 Å². The average Bonchev–Trinajstić information content (AvgIpc) is 2.46. The first-order valence-corrected chi connectivity index (χ1v) is 8.51. The second kappa shape index (κ2) is 9.13. The lowest BCUT2D eigenvalue weighted by Gasteiger charge is -2.37. The van der Waals surface area contributed by atoms with Crippen LogP contribution in [0.3, 0.4) is 0 Å². The van der Waals surface area contributed by atoms with Crippen molar-refractivity contribution in [3.05, 3.63) is 0 Å². The minimum atomic E-state index is -0.533. The standard InChI is InChI=1S/C17H32N2O3/c1-5-22-12-6-11-18-15(20)16(21)19-14-9-7-13(8-10-14)17(2,3)4/h13-14H,5-12H2,1-4H3,(H,18,20)(H,19,21). The topological polar surface area (TPSA) is 67.4 Å². The monoisotopic (exact) mass is 312 g/mol. The molecular weight excluding hydrogens is 280 g/mol. The predicted octanol–water partition coefficient (Wildman–Crippen LogP) is 2.25. The lowest BCUT2D eigenvalue weighted by atomic mass is 9.71. The second-order valence-electron chi connectivity index (χ2n) is 7.19. The summed E-state index contributed by atoms with van der Waals surface area (Å²) in [6, 6.07) is 0.139. The van der Waals surface area contributed by atoms with Crippen LogP contribution in [0.5, 0.6) is 0 Å². The highest BCUT2D eigenvalue weighted by atomic mass is 16.5. The predicted molar refractivity (Wildman–Crippen MR) is 87.5 cm³/mol. The Kier molecular flexibility index (Phi) is 7.87. The van der Waals surface area contributed by atoms with Gasteiger partial charge in [-0.25, -0.2) is 0 Å². The van der Waals surface area contributed by atoms with Gasteiger partial charge >= 0.3 is 11.8 Å². The van der Waals surface area contributed by atoms with E-state index in [4.69, 9.17) is 4.74 Å². The summed E-state index contributed by atoms with van der Waals surface area (Å²) in [5.74, 6) is -0.335. The summed E-state index contributed by atoms with van der Waals surface area (Å²) in [5, 5.41) is 5.49. The number of amides is 2. The Morgan fingerprint density at radius 2 is 1.73 bits per heavy atom. The maximum atomic E-state index is 11.9. The summed E-state index contributed by atoms with van der Waals surface area (Å²) in [6.07, 6.45) is 4.88. The number of hydrogen-bond acceptors (Lipinski definition) is 3. The van der Waals surface area contributed by atoms with E-state index >= 15 is 0 Å². The van der Waals surface area contributed by atoms with E-state index in [9.17, 15) is 9.59 Å². The van der Waals surface area contributed by atoms with Crippen LogP contribution in [0.4, 0.5) is 0 Å². The fourth-order valence-electron chi connectivity index (χ4n) is 2.96. The van der Waals surface area contributed by atoms with E-state index in [0.29, 0.717) is 31.1 Å². The first kappa shape index (κ1) is 18.9. The summed E-state index contributed by atoms with van der Waals surface area (Å²) in [5.41, 5.74) is 0.326. The van der Waals surface area contributed by atoms with Crippen molar-refractivity contribution in [3.63, 3.8) is 0 Å². The summed E-state index contributed by atoms with van der Waals surface area (Å²) in [4.78, 5) is 23.6. The SMILES string of the molecule is CCOCCCNC(=O)C(=O)NC1CCC(C(C)(C)C)CC1. The lowest BCUT2D eigenvalue weighted by Crippen LogP contribution is -2.46. The fourth-order valence-corrected chi connectivity index (χ4v) is 2.96. The van der Waals surface area contributed by atoms with Crippen LogP contribution in [0, 0.1) is 11.3 Å². The van der Waals surface area contributed by atoms with Gasteiger partial charge in [0.25, 0.3) is 0 Å². The molecule has 128 valence electrons. The average molecular weight is 312 g/mol.